The molecule has 1 amide bonds. The molecular weight excluding hydrogens is 314 g/mol. The van der Waals surface area contributed by atoms with Crippen molar-refractivity contribution in [2.24, 2.45) is 0 Å². The monoisotopic (exact) mass is 341 g/mol. The fourth-order valence-corrected chi connectivity index (χ4v) is 3.97. The Bertz CT molecular complexity index is 660. The lowest BCUT2D eigenvalue weighted by Crippen LogP contribution is -2.52. The molecule has 2 fully saturated rings. The van der Waals surface area contributed by atoms with Gasteiger partial charge in [-0.15, -0.1) is 0 Å². The third kappa shape index (κ3) is 4.32. The minimum Gasteiger partial charge on any atom is -0.444 e. The lowest BCUT2D eigenvalue weighted by molar-refractivity contribution is 0.00466. The van der Waals surface area contributed by atoms with Crippen LogP contribution in [0.15, 0.2) is 24.3 Å². The number of amides is 1. The highest BCUT2D eigenvalue weighted by molar-refractivity contribution is 5.69. The third-order valence-corrected chi connectivity index (χ3v) is 4.99. The first-order chi connectivity index (χ1) is 11.9. The van der Waals surface area contributed by atoms with E-state index in [0.717, 1.165) is 37.8 Å². The highest BCUT2D eigenvalue weighted by Gasteiger charge is 2.44. The first-order valence-electron chi connectivity index (χ1n) is 9.09. The molecule has 0 aromatic heterocycles. The molecule has 134 valence electrons. The first-order valence-corrected chi connectivity index (χ1v) is 9.09. The van der Waals surface area contributed by atoms with E-state index in [-0.39, 0.29) is 18.2 Å². The highest BCUT2D eigenvalue weighted by Crippen LogP contribution is 2.36. The van der Waals surface area contributed by atoms with E-state index in [1.165, 1.54) is 0 Å². The Morgan fingerprint density at radius 1 is 1.32 bits per heavy atom. The van der Waals surface area contributed by atoms with Crippen molar-refractivity contribution in [3.63, 3.8) is 0 Å². The van der Waals surface area contributed by atoms with E-state index in [1.807, 2.05) is 49.9 Å². The molecule has 2 bridgehead atoms. The van der Waals surface area contributed by atoms with Crippen LogP contribution in [0.25, 0.3) is 0 Å². The number of hydrogen-bond acceptors (Lipinski definition) is 4. The van der Waals surface area contributed by atoms with E-state index in [4.69, 9.17) is 10.00 Å². The molecule has 1 N–H and O–H groups in total. The van der Waals surface area contributed by atoms with E-state index >= 15 is 0 Å². The number of rotatable bonds is 3. The zero-order chi connectivity index (χ0) is 18.0. The van der Waals surface area contributed by atoms with Crippen molar-refractivity contribution in [1.29, 1.82) is 5.26 Å². The second-order valence-corrected chi connectivity index (χ2v) is 8.13. The van der Waals surface area contributed by atoms with Gasteiger partial charge in [0, 0.05) is 24.7 Å². The van der Waals surface area contributed by atoms with Gasteiger partial charge in [0.25, 0.3) is 0 Å². The fraction of sp³-hybridized carbons (Fsp3) is 0.600. The molecule has 0 aliphatic carbocycles. The molecule has 2 atom stereocenters. The molecule has 0 spiro atoms. The van der Waals surface area contributed by atoms with Crippen LogP contribution >= 0.6 is 0 Å². The zero-order valence-corrected chi connectivity index (χ0v) is 15.3. The molecule has 1 aromatic carbocycles. The number of carbonyl (C=O) groups is 1. The summed E-state index contributed by atoms with van der Waals surface area (Å²) in [7, 11) is 0. The molecule has 2 saturated heterocycles. The van der Waals surface area contributed by atoms with Crippen LogP contribution in [0.4, 0.5) is 4.79 Å². The summed E-state index contributed by atoms with van der Waals surface area (Å²) >= 11 is 0. The number of nitrogens with zero attached hydrogens (tertiary/aromatic N) is 2. The van der Waals surface area contributed by atoms with Crippen molar-refractivity contribution in [1.82, 2.24) is 10.2 Å². The predicted molar refractivity (Wildman–Crippen MR) is 95.9 cm³/mol. The second-order valence-electron chi connectivity index (χ2n) is 8.13. The van der Waals surface area contributed by atoms with Crippen molar-refractivity contribution >= 4 is 6.09 Å². The quantitative estimate of drug-likeness (QED) is 0.912. The molecule has 2 aliphatic rings. The Morgan fingerprint density at radius 3 is 2.60 bits per heavy atom. The number of ether oxygens (including phenoxy) is 1. The van der Waals surface area contributed by atoms with Crippen LogP contribution in [0.5, 0.6) is 0 Å². The van der Waals surface area contributed by atoms with Crippen molar-refractivity contribution in [3.8, 4) is 6.07 Å². The maximum Gasteiger partial charge on any atom is 0.410 e. The van der Waals surface area contributed by atoms with Gasteiger partial charge in [0.15, 0.2) is 0 Å². The smallest absolute Gasteiger partial charge is 0.410 e. The molecule has 25 heavy (non-hydrogen) atoms. The summed E-state index contributed by atoms with van der Waals surface area (Å²) in [5, 5.41) is 12.6. The predicted octanol–water partition coefficient (Wildman–Crippen LogP) is 3.58. The average Bonchev–Trinajstić information content (AvgIpc) is 2.83. The lowest BCUT2D eigenvalue weighted by atomic mass is 9.97. The van der Waals surface area contributed by atoms with E-state index < -0.39 is 5.60 Å². The molecule has 3 rings (SSSR count). The maximum absolute atomic E-state index is 12.5. The minimum atomic E-state index is -0.447. The summed E-state index contributed by atoms with van der Waals surface area (Å²) < 4.78 is 5.58. The SMILES string of the molecule is CC(C)(C)OC(=O)N1C2CCC1CC(NCc1cccc(C#N)c1)C2. The Kier molecular flexibility index (Phi) is 5.01. The van der Waals surface area contributed by atoms with Gasteiger partial charge in [-0.1, -0.05) is 12.1 Å². The van der Waals surface area contributed by atoms with Gasteiger partial charge in [-0.2, -0.15) is 5.26 Å². The van der Waals surface area contributed by atoms with Crippen LogP contribution < -0.4 is 5.32 Å². The maximum atomic E-state index is 12.5. The Hall–Kier alpha value is -2.06. The van der Waals surface area contributed by atoms with Crippen molar-refractivity contribution in [2.45, 2.75) is 76.7 Å². The highest BCUT2D eigenvalue weighted by atomic mass is 16.6. The Morgan fingerprint density at radius 2 is 2.00 bits per heavy atom. The topological polar surface area (TPSA) is 65.4 Å². The molecule has 1 aromatic rings. The van der Waals surface area contributed by atoms with Crippen LogP contribution in [0.3, 0.4) is 0 Å². The van der Waals surface area contributed by atoms with Crippen LogP contribution in [-0.2, 0) is 11.3 Å². The molecule has 2 unspecified atom stereocenters. The van der Waals surface area contributed by atoms with Gasteiger partial charge in [0.05, 0.1) is 11.6 Å². The number of nitriles is 1. The third-order valence-electron chi connectivity index (χ3n) is 4.99. The summed E-state index contributed by atoms with van der Waals surface area (Å²) in [6.07, 6.45) is 3.89. The number of carbonyl (C=O) groups excluding carboxylic acids is 1. The zero-order valence-electron chi connectivity index (χ0n) is 15.3. The summed E-state index contributed by atoms with van der Waals surface area (Å²) in [5.74, 6) is 0. The van der Waals surface area contributed by atoms with E-state index in [9.17, 15) is 4.79 Å². The van der Waals surface area contributed by atoms with E-state index in [2.05, 4.69) is 11.4 Å². The van der Waals surface area contributed by atoms with Crippen molar-refractivity contribution in [3.05, 3.63) is 35.4 Å². The number of fused-ring (bicyclic) bond motifs is 2. The first kappa shape index (κ1) is 17.8. The molecule has 5 nitrogen and oxygen atoms in total. The summed E-state index contributed by atoms with van der Waals surface area (Å²) in [6.45, 7) is 6.50. The van der Waals surface area contributed by atoms with E-state index in [1.54, 1.807) is 0 Å². The number of hydrogen-bond donors (Lipinski definition) is 1. The lowest BCUT2D eigenvalue weighted by Gasteiger charge is -2.39. The van der Waals surface area contributed by atoms with Gasteiger partial charge in [0.2, 0.25) is 0 Å². The number of nitrogens with one attached hydrogen (secondary N) is 1. The van der Waals surface area contributed by atoms with Crippen LogP contribution in [0, 0.1) is 11.3 Å². The molecule has 0 radical (unpaired) electrons. The standard InChI is InChI=1S/C20H27N3O2/c1-20(2,3)25-19(24)23-17-7-8-18(23)11-16(10-17)22-13-15-6-4-5-14(9-15)12-21/h4-6,9,16-18,22H,7-8,10-11,13H2,1-3H3. The molecular formula is C20H27N3O2. The van der Waals surface area contributed by atoms with Crippen molar-refractivity contribution in [2.75, 3.05) is 0 Å². The number of benzene rings is 1. The molecule has 2 heterocycles. The molecule has 5 heteroatoms. The summed E-state index contributed by atoms with van der Waals surface area (Å²) in [4.78, 5) is 14.5. The van der Waals surface area contributed by atoms with Crippen LogP contribution in [0.1, 0.15) is 57.6 Å². The summed E-state index contributed by atoms with van der Waals surface area (Å²) in [6, 6.07) is 10.8. The van der Waals surface area contributed by atoms with Gasteiger partial charge < -0.3 is 15.0 Å². The largest absolute Gasteiger partial charge is 0.444 e. The average molecular weight is 341 g/mol. The Balaban J connectivity index is 1.56. The second kappa shape index (κ2) is 7.05. The van der Waals surface area contributed by atoms with Crippen molar-refractivity contribution < 1.29 is 9.53 Å². The van der Waals surface area contributed by atoms with Crippen LogP contribution in [-0.4, -0.2) is 34.7 Å². The minimum absolute atomic E-state index is 0.167. The molecule has 2 aliphatic heterocycles. The summed E-state index contributed by atoms with van der Waals surface area (Å²) in [5.41, 5.74) is 1.37. The fourth-order valence-electron chi connectivity index (χ4n) is 3.97. The van der Waals surface area contributed by atoms with Gasteiger partial charge in [-0.25, -0.2) is 4.79 Å². The van der Waals surface area contributed by atoms with Gasteiger partial charge >= 0.3 is 6.09 Å². The Labute approximate surface area is 150 Å². The normalized spacial score (nSPS) is 25.5. The van der Waals surface area contributed by atoms with Gasteiger partial charge in [0.1, 0.15) is 5.60 Å². The van der Waals surface area contributed by atoms with E-state index in [0.29, 0.717) is 11.6 Å². The van der Waals surface area contributed by atoms with Gasteiger partial charge in [-0.3, -0.25) is 0 Å². The van der Waals surface area contributed by atoms with Crippen LogP contribution in [0.2, 0.25) is 0 Å². The van der Waals surface area contributed by atoms with Gasteiger partial charge in [-0.05, 0) is 64.2 Å². The number of piperidine rings is 1. The molecule has 0 saturated carbocycles.